The molecule has 0 heterocycles. The molecule has 0 aliphatic rings. The number of halogens is 4. The number of hydrogen-bond acceptors (Lipinski definition) is 3. The number of hydrogen-bond donors (Lipinski definition) is 1. The Bertz CT molecular complexity index is 569. The van der Waals surface area contributed by atoms with E-state index in [1.807, 2.05) is 0 Å². The smallest absolute Gasteiger partial charge is 0.417 e. The second-order valence-electron chi connectivity index (χ2n) is 3.29. The number of alkyl halides is 3. The Balaban J connectivity index is 3.53. The third kappa shape index (κ3) is 3.53. The highest BCUT2D eigenvalue weighted by atomic mass is 79.9. The van der Waals surface area contributed by atoms with Gasteiger partial charge in [-0.05, 0) is 28.1 Å². The maximum absolute atomic E-state index is 12.6. The lowest BCUT2D eigenvalue weighted by Crippen LogP contribution is -2.08. The molecule has 0 bridgehead atoms. The Morgan fingerprint density at radius 2 is 2.00 bits per heavy atom. The lowest BCUT2D eigenvalue weighted by molar-refractivity contribution is -0.385. The minimum atomic E-state index is -4.71. The van der Waals surface area contributed by atoms with Crippen LogP contribution in [0, 0.1) is 10.1 Å². The van der Waals surface area contributed by atoms with Crippen molar-refractivity contribution in [2.24, 2.45) is 0 Å². The Hall–Kier alpha value is -1.90. The van der Waals surface area contributed by atoms with E-state index in [1.54, 1.807) is 0 Å². The number of carboxylic acids is 1. The predicted octanol–water partition coefficient (Wildman–Crippen LogP) is 3.47. The van der Waals surface area contributed by atoms with E-state index in [-0.39, 0.29) is 0 Å². The van der Waals surface area contributed by atoms with Gasteiger partial charge in [-0.2, -0.15) is 13.2 Å². The Kier molecular flexibility index (Phi) is 4.30. The van der Waals surface area contributed by atoms with Crippen LogP contribution in [0.25, 0.3) is 6.08 Å². The highest BCUT2D eigenvalue weighted by Gasteiger charge is 2.35. The molecule has 1 rings (SSSR count). The zero-order chi connectivity index (χ0) is 14.8. The topological polar surface area (TPSA) is 80.4 Å². The summed E-state index contributed by atoms with van der Waals surface area (Å²) in [7, 11) is 0. The van der Waals surface area contributed by atoms with Gasteiger partial charge in [0.2, 0.25) is 0 Å². The van der Waals surface area contributed by atoms with Crippen LogP contribution in [0.2, 0.25) is 0 Å². The van der Waals surface area contributed by atoms with Crippen LogP contribution < -0.4 is 0 Å². The molecule has 0 saturated carbocycles. The first-order valence-electron chi connectivity index (χ1n) is 4.59. The quantitative estimate of drug-likeness (QED) is 0.519. The van der Waals surface area contributed by atoms with Gasteiger partial charge in [-0.25, -0.2) is 4.79 Å². The molecule has 1 N–H and O–H groups in total. The molecule has 1 aromatic carbocycles. The SMILES string of the molecule is O=C(O)/C=C/c1c([N+](=O)[O-])ccc(C(F)(F)F)c1Br. The van der Waals surface area contributed by atoms with Gasteiger partial charge in [-0.1, -0.05) is 0 Å². The van der Waals surface area contributed by atoms with E-state index < -0.39 is 38.4 Å². The third-order valence-corrected chi connectivity index (χ3v) is 2.91. The molecule has 0 aliphatic heterocycles. The van der Waals surface area contributed by atoms with Crippen molar-refractivity contribution in [2.75, 3.05) is 0 Å². The van der Waals surface area contributed by atoms with Crippen LogP contribution in [-0.2, 0) is 11.0 Å². The van der Waals surface area contributed by atoms with E-state index in [4.69, 9.17) is 5.11 Å². The molecule has 0 atom stereocenters. The molecule has 9 heteroatoms. The molecule has 0 aliphatic carbocycles. The summed E-state index contributed by atoms with van der Waals surface area (Å²) >= 11 is 2.62. The van der Waals surface area contributed by atoms with Crippen molar-refractivity contribution in [1.82, 2.24) is 0 Å². The molecule has 102 valence electrons. The molecule has 19 heavy (non-hydrogen) atoms. The fourth-order valence-electron chi connectivity index (χ4n) is 1.27. The fraction of sp³-hybridized carbons (Fsp3) is 0.100. The molecular formula is C10H5BrF3NO4. The molecule has 0 saturated heterocycles. The fourth-order valence-corrected chi connectivity index (χ4v) is 1.97. The number of aliphatic carboxylic acids is 1. The van der Waals surface area contributed by atoms with Gasteiger partial charge in [0.25, 0.3) is 5.69 Å². The molecule has 0 radical (unpaired) electrons. The van der Waals surface area contributed by atoms with Gasteiger partial charge in [0.1, 0.15) is 0 Å². The van der Waals surface area contributed by atoms with Gasteiger partial charge < -0.3 is 5.11 Å². The summed E-state index contributed by atoms with van der Waals surface area (Å²) in [6, 6.07) is 1.23. The average molecular weight is 340 g/mol. The zero-order valence-corrected chi connectivity index (χ0v) is 10.5. The molecule has 0 aromatic heterocycles. The largest absolute Gasteiger partial charge is 0.478 e. The minimum absolute atomic E-state index is 0.456. The van der Waals surface area contributed by atoms with Gasteiger partial charge in [0.05, 0.1) is 16.1 Å². The number of rotatable bonds is 3. The van der Waals surface area contributed by atoms with Crippen LogP contribution >= 0.6 is 15.9 Å². The molecular weight excluding hydrogens is 335 g/mol. The van der Waals surface area contributed by atoms with Crippen LogP contribution in [0.3, 0.4) is 0 Å². The molecule has 5 nitrogen and oxygen atoms in total. The predicted molar refractivity (Wildman–Crippen MR) is 62.5 cm³/mol. The monoisotopic (exact) mass is 339 g/mol. The van der Waals surface area contributed by atoms with E-state index in [1.165, 1.54) is 0 Å². The first-order valence-corrected chi connectivity index (χ1v) is 5.39. The Labute approximate surface area is 112 Å². The summed E-state index contributed by atoms with van der Waals surface area (Å²) in [6.07, 6.45) is -3.45. The summed E-state index contributed by atoms with van der Waals surface area (Å²) in [4.78, 5) is 20.2. The lowest BCUT2D eigenvalue weighted by atomic mass is 10.1. The minimum Gasteiger partial charge on any atom is -0.478 e. The molecule has 0 spiro atoms. The van der Waals surface area contributed by atoms with Crippen LogP contribution in [0.1, 0.15) is 11.1 Å². The number of carbonyl (C=O) groups is 1. The van der Waals surface area contributed by atoms with Gasteiger partial charge in [-0.15, -0.1) is 0 Å². The summed E-state index contributed by atoms with van der Waals surface area (Å²) in [5, 5.41) is 19.1. The van der Waals surface area contributed by atoms with E-state index in [0.29, 0.717) is 18.2 Å². The summed E-state index contributed by atoms with van der Waals surface area (Å²) in [5.74, 6) is -1.43. The number of benzene rings is 1. The number of nitro groups is 1. The lowest BCUT2D eigenvalue weighted by Gasteiger charge is -2.11. The molecule has 0 fully saturated rings. The Morgan fingerprint density at radius 3 is 2.42 bits per heavy atom. The van der Waals surface area contributed by atoms with Crippen molar-refractivity contribution in [3.05, 3.63) is 43.9 Å². The molecule has 0 amide bonds. The van der Waals surface area contributed by atoms with Crippen LogP contribution in [-0.4, -0.2) is 16.0 Å². The van der Waals surface area contributed by atoms with Gasteiger partial charge in [-0.3, -0.25) is 10.1 Å². The van der Waals surface area contributed by atoms with E-state index in [0.717, 1.165) is 6.08 Å². The van der Waals surface area contributed by atoms with E-state index in [2.05, 4.69) is 15.9 Å². The maximum Gasteiger partial charge on any atom is 0.417 e. The average Bonchev–Trinajstić information content (AvgIpc) is 2.24. The van der Waals surface area contributed by atoms with Crippen molar-refractivity contribution in [3.63, 3.8) is 0 Å². The normalized spacial score (nSPS) is 11.8. The van der Waals surface area contributed by atoms with Crippen molar-refractivity contribution in [3.8, 4) is 0 Å². The Morgan fingerprint density at radius 1 is 1.42 bits per heavy atom. The molecule has 0 unspecified atom stereocenters. The summed E-state index contributed by atoms with van der Waals surface area (Å²) in [5.41, 5.74) is -2.21. The molecule has 1 aromatic rings. The van der Waals surface area contributed by atoms with Crippen molar-refractivity contribution in [2.45, 2.75) is 6.18 Å². The highest BCUT2D eigenvalue weighted by molar-refractivity contribution is 9.10. The van der Waals surface area contributed by atoms with Gasteiger partial charge >= 0.3 is 12.1 Å². The number of nitrogens with zero attached hydrogens (tertiary/aromatic N) is 1. The second-order valence-corrected chi connectivity index (χ2v) is 4.08. The first kappa shape index (κ1) is 15.2. The number of carboxylic acid groups (broad SMARTS) is 1. The van der Waals surface area contributed by atoms with Crippen LogP contribution in [0.4, 0.5) is 18.9 Å². The first-order chi connectivity index (χ1) is 8.64. The second kappa shape index (κ2) is 5.39. The highest BCUT2D eigenvalue weighted by Crippen LogP contribution is 2.40. The van der Waals surface area contributed by atoms with Crippen LogP contribution in [0.15, 0.2) is 22.7 Å². The van der Waals surface area contributed by atoms with E-state index >= 15 is 0 Å². The third-order valence-electron chi connectivity index (χ3n) is 2.05. The van der Waals surface area contributed by atoms with Gasteiger partial charge in [0, 0.05) is 16.6 Å². The van der Waals surface area contributed by atoms with Crippen molar-refractivity contribution >= 4 is 33.7 Å². The van der Waals surface area contributed by atoms with Crippen molar-refractivity contribution < 1.29 is 28.0 Å². The van der Waals surface area contributed by atoms with Crippen molar-refractivity contribution in [1.29, 1.82) is 0 Å². The maximum atomic E-state index is 12.6. The van der Waals surface area contributed by atoms with Crippen LogP contribution in [0.5, 0.6) is 0 Å². The van der Waals surface area contributed by atoms with Gasteiger partial charge in [0.15, 0.2) is 0 Å². The summed E-state index contributed by atoms with van der Waals surface area (Å²) in [6.45, 7) is 0. The number of nitro benzene ring substituents is 1. The van der Waals surface area contributed by atoms with E-state index in [9.17, 15) is 28.1 Å². The standard InChI is InChI=1S/C10H5BrF3NO4/c11-9-5(1-4-8(16)17)7(15(18)19)3-2-6(9)10(12,13)14/h1-4H,(H,16,17)/b4-1+. The summed E-state index contributed by atoms with van der Waals surface area (Å²) < 4.78 is 37.3. The zero-order valence-electron chi connectivity index (χ0n) is 8.94.